The summed E-state index contributed by atoms with van der Waals surface area (Å²) in [5, 5.41) is 2.37. The van der Waals surface area contributed by atoms with Crippen molar-refractivity contribution in [3.63, 3.8) is 0 Å². The Bertz CT molecular complexity index is 355. The Labute approximate surface area is 87.0 Å². The molecule has 0 saturated heterocycles. The van der Waals surface area contributed by atoms with Crippen molar-refractivity contribution in [1.82, 2.24) is 0 Å². The lowest BCUT2D eigenvalue weighted by Crippen LogP contribution is -2.13. The zero-order chi connectivity index (χ0) is 11.3. The molecule has 15 heavy (non-hydrogen) atoms. The molecule has 0 fully saturated rings. The van der Waals surface area contributed by atoms with E-state index in [1.807, 2.05) is 0 Å². The predicted molar refractivity (Wildman–Crippen MR) is 54.2 cm³/mol. The van der Waals surface area contributed by atoms with Crippen molar-refractivity contribution in [3.05, 3.63) is 18.2 Å². The van der Waals surface area contributed by atoms with Crippen molar-refractivity contribution >= 4 is 11.6 Å². The van der Waals surface area contributed by atoms with Crippen LogP contribution in [0.2, 0.25) is 0 Å². The molecule has 1 amide bonds. The summed E-state index contributed by atoms with van der Waals surface area (Å²) in [5.41, 5.74) is 0.468. The van der Waals surface area contributed by atoms with Gasteiger partial charge in [-0.3, -0.25) is 4.79 Å². The van der Waals surface area contributed by atoms with Gasteiger partial charge in [-0.2, -0.15) is 0 Å². The molecule has 5 heteroatoms. The van der Waals surface area contributed by atoms with Crippen LogP contribution in [0.1, 0.15) is 0 Å². The van der Waals surface area contributed by atoms with Gasteiger partial charge in [0.2, 0.25) is 0 Å². The van der Waals surface area contributed by atoms with Crippen molar-refractivity contribution in [3.8, 4) is 11.5 Å². The van der Waals surface area contributed by atoms with E-state index in [1.165, 1.54) is 14.2 Å². The maximum Gasteiger partial charge on any atom is 0.255 e. The van der Waals surface area contributed by atoms with Crippen LogP contribution in [0.4, 0.5) is 10.1 Å². The SMILES string of the molecule is COc1ccc(NC(=O)CF)cc1OC. The number of hydrogen-bond acceptors (Lipinski definition) is 3. The Morgan fingerprint density at radius 2 is 2.00 bits per heavy atom. The number of alkyl halides is 1. The number of rotatable bonds is 4. The van der Waals surface area contributed by atoms with E-state index in [1.54, 1.807) is 18.2 Å². The smallest absolute Gasteiger partial charge is 0.255 e. The minimum atomic E-state index is -1.05. The van der Waals surface area contributed by atoms with E-state index in [-0.39, 0.29) is 0 Å². The third kappa shape index (κ3) is 2.83. The highest BCUT2D eigenvalue weighted by molar-refractivity contribution is 5.91. The third-order valence-electron chi connectivity index (χ3n) is 1.79. The summed E-state index contributed by atoms with van der Waals surface area (Å²) in [4.78, 5) is 10.8. The van der Waals surface area contributed by atoms with Crippen molar-refractivity contribution < 1.29 is 18.7 Å². The average molecular weight is 213 g/mol. The quantitative estimate of drug-likeness (QED) is 0.826. The highest BCUT2D eigenvalue weighted by atomic mass is 19.1. The lowest BCUT2D eigenvalue weighted by atomic mass is 10.2. The van der Waals surface area contributed by atoms with Crippen LogP contribution >= 0.6 is 0 Å². The Hall–Kier alpha value is -1.78. The first-order valence-electron chi connectivity index (χ1n) is 4.29. The fraction of sp³-hybridized carbons (Fsp3) is 0.300. The van der Waals surface area contributed by atoms with Crippen molar-refractivity contribution in [2.45, 2.75) is 0 Å². The number of carbonyl (C=O) groups is 1. The van der Waals surface area contributed by atoms with Gasteiger partial charge in [-0.15, -0.1) is 0 Å². The van der Waals surface area contributed by atoms with Gasteiger partial charge >= 0.3 is 0 Å². The number of benzene rings is 1. The van der Waals surface area contributed by atoms with E-state index in [0.717, 1.165) is 0 Å². The minimum absolute atomic E-state index is 0.468. The van der Waals surface area contributed by atoms with Gasteiger partial charge in [-0.1, -0.05) is 0 Å². The zero-order valence-electron chi connectivity index (χ0n) is 8.54. The number of anilines is 1. The topological polar surface area (TPSA) is 47.6 Å². The standard InChI is InChI=1S/C10H12FNO3/c1-14-8-4-3-7(5-9(8)15-2)12-10(13)6-11/h3-5H,6H2,1-2H3,(H,12,13). The molecule has 0 aliphatic rings. The number of halogens is 1. The number of amides is 1. The molecule has 0 bridgehead atoms. The first-order valence-corrected chi connectivity index (χ1v) is 4.29. The Kier molecular flexibility index (Phi) is 3.91. The molecular weight excluding hydrogens is 201 g/mol. The Balaban J connectivity index is 2.88. The number of methoxy groups -OCH3 is 2. The normalized spacial score (nSPS) is 9.53. The summed E-state index contributed by atoms with van der Waals surface area (Å²) in [6.45, 7) is -1.05. The maximum absolute atomic E-state index is 11.9. The van der Waals surface area contributed by atoms with Crippen LogP contribution in [-0.2, 0) is 4.79 Å². The molecule has 0 unspecified atom stereocenters. The summed E-state index contributed by atoms with van der Waals surface area (Å²) in [6.07, 6.45) is 0. The van der Waals surface area contributed by atoms with E-state index in [2.05, 4.69) is 5.32 Å². The number of carbonyl (C=O) groups excluding carboxylic acids is 1. The van der Waals surface area contributed by atoms with E-state index in [4.69, 9.17) is 9.47 Å². The molecule has 0 radical (unpaired) electrons. The van der Waals surface area contributed by atoms with Crippen LogP contribution in [0.3, 0.4) is 0 Å². The highest BCUT2D eigenvalue weighted by Crippen LogP contribution is 2.29. The monoisotopic (exact) mass is 213 g/mol. The second-order valence-corrected chi connectivity index (χ2v) is 2.75. The summed E-state index contributed by atoms with van der Waals surface area (Å²) in [7, 11) is 3.00. The molecular formula is C10H12FNO3. The van der Waals surface area contributed by atoms with Crippen LogP contribution < -0.4 is 14.8 Å². The zero-order valence-corrected chi connectivity index (χ0v) is 8.54. The fourth-order valence-corrected chi connectivity index (χ4v) is 1.11. The summed E-state index contributed by atoms with van der Waals surface area (Å²) in [6, 6.07) is 4.80. The fourth-order valence-electron chi connectivity index (χ4n) is 1.11. The van der Waals surface area contributed by atoms with Crippen LogP contribution in [0.5, 0.6) is 11.5 Å². The second kappa shape index (κ2) is 5.19. The molecule has 0 saturated carbocycles. The van der Waals surface area contributed by atoms with Crippen molar-refractivity contribution in [1.29, 1.82) is 0 Å². The molecule has 1 aromatic carbocycles. The van der Waals surface area contributed by atoms with Gasteiger partial charge in [0.25, 0.3) is 5.91 Å². The first-order chi connectivity index (χ1) is 7.21. The highest BCUT2D eigenvalue weighted by Gasteiger charge is 2.06. The van der Waals surface area contributed by atoms with Crippen molar-refractivity contribution in [2.24, 2.45) is 0 Å². The van der Waals surface area contributed by atoms with E-state index in [0.29, 0.717) is 17.2 Å². The first kappa shape index (κ1) is 11.3. The molecule has 0 atom stereocenters. The van der Waals surface area contributed by atoms with Crippen molar-refractivity contribution in [2.75, 3.05) is 26.2 Å². The molecule has 1 rings (SSSR count). The third-order valence-corrected chi connectivity index (χ3v) is 1.79. The van der Waals surface area contributed by atoms with Crippen LogP contribution in [0.25, 0.3) is 0 Å². The van der Waals surface area contributed by atoms with Crippen LogP contribution in [0.15, 0.2) is 18.2 Å². The number of hydrogen-bond donors (Lipinski definition) is 1. The summed E-state index contributed by atoms with van der Waals surface area (Å²) < 4.78 is 22.0. The molecule has 0 heterocycles. The molecule has 0 aliphatic heterocycles. The Morgan fingerprint density at radius 3 is 2.53 bits per heavy atom. The summed E-state index contributed by atoms with van der Waals surface area (Å²) >= 11 is 0. The molecule has 4 nitrogen and oxygen atoms in total. The molecule has 0 aliphatic carbocycles. The molecule has 0 spiro atoms. The van der Waals surface area contributed by atoms with Gasteiger partial charge in [-0.25, -0.2) is 4.39 Å². The largest absolute Gasteiger partial charge is 0.493 e. The van der Waals surface area contributed by atoms with Crippen LogP contribution in [0, 0.1) is 0 Å². The molecule has 1 N–H and O–H groups in total. The lowest BCUT2D eigenvalue weighted by Gasteiger charge is -2.09. The molecule has 1 aromatic rings. The van der Waals surface area contributed by atoms with Gasteiger partial charge in [-0.05, 0) is 12.1 Å². The van der Waals surface area contributed by atoms with Gasteiger partial charge in [0.05, 0.1) is 14.2 Å². The number of nitrogens with one attached hydrogen (secondary N) is 1. The Morgan fingerprint density at radius 1 is 1.33 bits per heavy atom. The van der Waals surface area contributed by atoms with E-state index < -0.39 is 12.6 Å². The lowest BCUT2D eigenvalue weighted by molar-refractivity contribution is -0.117. The maximum atomic E-state index is 11.9. The van der Waals surface area contributed by atoms with Gasteiger partial charge < -0.3 is 14.8 Å². The van der Waals surface area contributed by atoms with Gasteiger partial charge in [0.1, 0.15) is 0 Å². The van der Waals surface area contributed by atoms with E-state index >= 15 is 0 Å². The van der Waals surface area contributed by atoms with Gasteiger partial charge in [0, 0.05) is 11.8 Å². The van der Waals surface area contributed by atoms with Crippen LogP contribution in [-0.4, -0.2) is 26.8 Å². The molecule has 0 aromatic heterocycles. The minimum Gasteiger partial charge on any atom is -0.493 e. The predicted octanol–water partition coefficient (Wildman–Crippen LogP) is 1.61. The number of ether oxygens (including phenoxy) is 2. The average Bonchev–Trinajstić information content (AvgIpc) is 2.28. The second-order valence-electron chi connectivity index (χ2n) is 2.75. The molecule has 82 valence electrons. The van der Waals surface area contributed by atoms with E-state index in [9.17, 15) is 9.18 Å². The summed E-state index contributed by atoms with van der Waals surface area (Å²) in [5.74, 6) is 0.340. The van der Waals surface area contributed by atoms with Gasteiger partial charge in [0.15, 0.2) is 18.2 Å².